The summed E-state index contributed by atoms with van der Waals surface area (Å²) < 4.78 is 28.1. The van der Waals surface area contributed by atoms with E-state index in [1.807, 2.05) is 6.26 Å². The highest BCUT2D eigenvalue weighted by atomic mass is 35.7. The molecular weight excluding hydrogens is 314 g/mol. The molecule has 1 rings (SSSR count). The number of rotatable bonds is 7. The lowest BCUT2D eigenvalue weighted by Crippen LogP contribution is -2.03. The summed E-state index contributed by atoms with van der Waals surface area (Å²) in [4.78, 5) is 9.54. The Morgan fingerprint density at radius 1 is 1.47 bits per heavy atom. The van der Waals surface area contributed by atoms with E-state index in [4.69, 9.17) is 15.4 Å². The Morgan fingerprint density at radius 3 is 2.68 bits per heavy atom. The molecule has 0 unspecified atom stereocenters. The van der Waals surface area contributed by atoms with Gasteiger partial charge in [-0.25, -0.2) is 8.42 Å². The van der Waals surface area contributed by atoms with Gasteiger partial charge >= 0.3 is 0 Å². The van der Waals surface area contributed by atoms with Crippen LogP contribution in [-0.4, -0.2) is 32.0 Å². The molecule has 0 aromatic heterocycles. The van der Waals surface area contributed by atoms with Crippen LogP contribution in [0.1, 0.15) is 6.42 Å². The van der Waals surface area contributed by atoms with E-state index in [0.717, 1.165) is 18.2 Å². The Kier molecular flexibility index (Phi) is 5.89. The Bertz CT molecular complexity index is 561. The molecule has 0 aliphatic rings. The van der Waals surface area contributed by atoms with Gasteiger partial charge in [-0.2, -0.15) is 11.8 Å². The summed E-state index contributed by atoms with van der Waals surface area (Å²) in [6, 6.07) is 3.31. The Morgan fingerprint density at radius 2 is 2.16 bits per heavy atom. The predicted octanol–water partition coefficient (Wildman–Crippen LogP) is 2.65. The zero-order chi connectivity index (χ0) is 14.5. The van der Waals surface area contributed by atoms with Crippen LogP contribution >= 0.6 is 22.4 Å². The van der Waals surface area contributed by atoms with Crippen molar-refractivity contribution >= 4 is 37.2 Å². The number of nitro groups is 1. The van der Waals surface area contributed by atoms with Gasteiger partial charge in [0.15, 0.2) is 0 Å². The molecule has 1 aromatic rings. The van der Waals surface area contributed by atoms with Gasteiger partial charge in [0.25, 0.3) is 14.7 Å². The number of halogens is 1. The molecule has 0 N–H and O–H groups in total. The Hall–Kier alpha value is -0.990. The maximum absolute atomic E-state index is 11.4. The Labute approximate surface area is 119 Å². The van der Waals surface area contributed by atoms with Crippen LogP contribution in [0.25, 0.3) is 0 Å². The second-order valence-electron chi connectivity index (χ2n) is 3.52. The first-order chi connectivity index (χ1) is 8.86. The van der Waals surface area contributed by atoms with Crippen LogP contribution in [0, 0.1) is 10.1 Å². The highest BCUT2D eigenvalue weighted by Gasteiger charge is 2.21. The maximum Gasteiger partial charge on any atom is 0.271 e. The van der Waals surface area contributed by atoms with Gasteiger partial charge in [0.05, 0.1) is 11.5 Å². The van der Waals surface area contributed by atoms with E-state index in [1.54, 1.807) is 11.8 Å². The summed E-state index contributed by atoms with van der Waals surface area (Å²) in [6.07, 6.45) is 2.68. The van der Waals surface area contributed by atoms with Crippen LogP contribution in [0.2, 0.25) is 0 Å². The fraction of sp³-hybridized carbons (Fsp3) is 0.400. The zero-order valence-electron chi connectivity index (χ0n) is 10.0. The molecule has 0 aliphatic heterocycles. The molecule has 0 bridgehead atoms. The van der Waals surface area contributed by atoms with Crippen molar-refractivity contribution in [3.05, 3.63) is 28.3 Å². The van der Waals surface area contributed by atoms with Crippen molar-refractivity contribution in [3.8, 4) is 5.75 Å². The van der Waals surface area contributed by atoms with Crippen LogP contribution in [0.3, 0.4) is 0 Å². The molecule has 1 aromatic carbocycles. The van der Waals surface area contributed by atoms with E-state index in [2.05, 4.69) is 0 Å². The Balaban J connectivity index is 3.00. The van der Waals surface area contributed by atoms with Gasteiger partial charge in [0.1, 0.15) is 10.6 Å². The van der Waals surface area contributed by atoms with Crippen LogP contribution in [0.15, 0.2) is 23.1 Å². The molecule has 0 heterocycles. The van der Waals surface area contributed by atoms with Gasteiger partial charge in [-0.1, -0.05) is 0 Å². The van der Waals surface area contributed by atoms with Crippen molar-refractivity contribution in [2.75, 3.05) is 18.6 Å². The smallest absolute Gasteiger partial charge is 0.271 e. The number of benzene rings is 1. The molecule has 9 heteroatoms. The fourth-order valence-corrected chi connectivity index (χ4v) is 2.70. The largest absolute Gasteiger partial charge is 0.492 e. The number of thioether (sulfide) groups is 1. The highest BCUT2D eigenvalue weighted by Crippen LogP contribution is 2.30. The minimum absolute atomic E-state index is 0.0294. The molecule has 6 nitrogen and oxygen atoms in total. The third-order valence-corrected chi connectivity index (χ3v) is 4.19. The molecule has 0 spiro atoms. The number of hydrogen-bond acceptors (Lipinski definition) is 6. The van der Waals surface area contributed by atoms with Crippen molar-refractivity contribution in [1.29, 1.82) is 0 Å². The van der Waals surface area contributed by atoms with Gasteiger partial charge in [-0.3, -0.25) is 10.1 Å². The molecule has 0 saturated carbocycles. The average Bonchev–Trinajstić information content (AvgIpc) is 2.33. The molecule has 0 saturated heterocycles. The number of ether oxygens (including phenoxy) is 1. The van der Waals surface area contributed by atoms with Gasteiger partial charge in [0.2, 0.25) is 0 Å². The predicted molar refractivity (Wildman–Crippen MR) is 74.6 cm³/mol. The molecule has 0 radical (unpaired) electrons. The first-order valence-corrected chi connectivity index (χ1v) is 8.91. The molecule has 0 amide bonds. The van der Waals surface area contributed by atoms with Gasteiger partial charge in [0, 0.05) is 22.8 Å². The summed E-state index contributed by atoms with van der Waals surface area (Å²) >= 11 is 1.64. The van der Waals surface area contributed by atoms with E-state index in [0.29, 0.717) is 6.61 Å². The van der Waals surface area contributed by atoms with Gasteiger partial charge in [-0.15, -0.1) is 0 Å². The van der Waals surface area contributed by atoms with Crippen molar-refractivity contribution in [3.63, 3.8) is 0 Å². The maximum atomic E-state index is 11.4. The normalized spacial score (nSPS) is 11.3. The fourth-order valence-electron chi connectivity index (χ4n) is 1.31. The molecule has 0 fully saturated rings. The van der Waals surface area contributed by atoms with Crippen molar-refractivity contribution in [2.45, 2.75) is 11.3 Å². The quantitative estimate of drug-likeness (QED) is 0.331. The second kappa shape index (κ2) is 6.97. The van der Waals surface area contributed by atoms with Crippen molar-refractivity contribution in [1.82, 2.24) is 0 Å². The zero-order valence-corrected chi connectivity index (χ0v) is 12.4. The lowest BCUT2D eigenvalue weighted by atomic mass is 10.3. The van der Waals surface area contributed by atoms with E-state index < -0.39 is 14.0 Å². The van der Waals surface area contributed by atoms with Crippen LogP contribution in [0.5, 0.6) is 5.75 Å². The SMILES string of the molecule is CSCCCOc1ccc([N+](=O)[O-])cc1S(=O)(=O)Cl. The summed E-state index contributed by atoms with van der Waals surface area (Å²) in [5, 5.41) is 10.6. The lowest BCUT2D eigenvalue weighted by Gasteiger charge is -2.09. The van der Waals surface area contributed by atoms with E-state index in [1.165, 1.54) is 12.1 Å². The number of nitrogens with zero attached hydrogens (tertiary/aromatic N) is 1. The molecule has 0 atom stereocenters. The van der Waals surface area contributed by atoms with E-state index in [9.17, 15) is 18.5 Å². The number of nitro benzene ring substituents is 1. The van der Waals surface area contributed by atoms with Gasteiger partial charge < -0.3 is 4.74 Å². The van der Waals surface area contributed by atoms with E-state index >= 15 is 0 Å². The highest BCUT2D eigenvalue weighted by molar-refractivity contribution is 8.13. The minimum atomic E-state index is -4.09. The summed E-state index contributed by atoms with van der Waals surface area (Å²) in [7, 11) is 1.15. The number of hydrogen-bond donors (Lipinski definition) is 0. The summed E-state index contributed by atoms with van der Waals surface area (Å²) in [5.41, 5.74) is -0.351. The van der Waals surface area contributed by atoms with Crippen LogP contribution < -0.4 is 4.74 Å². The third-order valence-electron chi connectivity index (χ3n) is 2.15. The first kappa shape index (κ1) is 16.1. The first-order valence-electron chi connectivity index (χ1n) is 5.21. The molecular formula is C10H12ClNO5S2. The van der Waals surface area contributed by atoms with Gasteiger partial charge in [-0.05, 0) is 24.5 Å². The molecule has 0 aliphatic carbocycles. The third kappa shape index (κ3) is 4.88. The lowest BCUT2D eigenvalue weighted by molar-refractivity contribution is -0.385. The topological polar surface area (TPSA) is 86.5 Å². The van der Waals surface area contributed by atoms with E-state index in [-0.39, 0.29) is 16.3 Å². The monoisotopic (exact) mass is 325 g/mol. The van der Waals surface area contributed by atoms with Crippen LogP contribution in [0.4, 0.5) is 5.69 Å². The number of non-ortho nitro benzene ring substituents is 1. The summed E-state index contributed by atoms with van der Waals surface area (Å²) in [5.74, 6) is 0.900. The van der Waals surface area contributed by atoms with Crippen LogP contribution in [-0.2, 0) is 9.05 Å². The van der Waals surface area contributed by atoms with Crippen molar-refractivity contribution < 1.29 is 18.1 Å². The summed E-state index contributed by atoms with van der Waals surface area (Å²) in [6.45, 7) is 0.318. The minimum Gasteiger partial charge on any atom is -0.492 e. The second-order valence-corrected chi connectivity index (χ2v) is 7.04. The standard InChI is InChI=1S/C10H12ClNO5S2/c1-18-6-2-5-17-9-4-3-8(12(13)14)7-10(9)19(11,15)16/h3-4,7H,2,5-6H2,1H3. The molecule has 19 heavy (non-hydrogen) atoms. The molecule has 106 valence electrons. The van der Waals surface area contributed by atoms with Crippen molar-refractivity contribution in [2.24, 2.45) is 0 Å². The average molecular weight is 326 g/mol.